The van der Waals surface area contributed by atoms with Gasteiger partial charge in [0.25, 0.3) is 5.91 Å². The van der Waals surface area contributed by atoms with E-state index >= 15 is 0 Å². The molecule has 0 bridgehead atoms. The van der Waals surface area contributed by atoms with Gasteiger partial charge in [0.2, 0.25) is 0 Å². The van der Waals surface area contributed by atoms with Gasteiger partial charge in [-0.2, -0.15) is 0 Å². The smallest absolute Gasteiger partial charge is 0.254 e. The largest absolute Gasteiger partial charge is 0.336 e. The lowest BCUT2D eigenvalue weighted by Gasteiger charge is -2.31. The minimum atomic E-state index is 0. The minimum absolute atomic E-state index is 0. The Morgan fingerprint density at radius 1 is 1.69 bits per heavy atom. The van der Waals surface area contributed by atoms with Gasteiger partial charge in [-0.1, -0.05) is 0 Å². The van der Waals surface area contributed by atoms with Crippen molar-refractivity contribution in [2.24, 2.45) is 0 Å². The maximum atomic E-state index is 12.1. The fourth-order valence-electron chi connectivity index (χ4n) is 1.72. The van der Waals surface area contributed by atoms with Gasteiger partial charge in [-0.05, 0) is 35.6 Å². The van der Waals surface area contributed by atoms with E-state index in [0.717, 1.165) is 25.2 Å². The molecule has 1 saturated heterocycles. The molecule has 1 aromatic rings. The lowest BCUT2D eigenvalue weighted by Crippen LogP contribution is -2.51. The van der Waals surface area contributed by atoms with Crippen molar-refractivity contribution >= 4 is 52.2 Å². The summed E-state index contributed by atoms with van der Waals surface area (Å²) in [7, 11) is 0. The summed E-state index contributed by atoms with van der Waals surface area (Å²) in [6, 6.07) is 2.36. The molecule has 1 aliphatic heterocycles. The summed E-state index contributed by atoms with van der Waals surface area (Å²) in [5.41, 5.74) is 0.832. The lowest BCUT2D eigenvalue weighted by molar-refractivity contribution is 0.0709. The Labute approximate surface area is 119 Å². The first-order valence-electron chi connectivity index (χ1n) is 4.93. The third-order valence-electron chi connectivity index (χ3n) is 2.47. The Balaban J connectivity index is 0.00000128. The SMILES string of the molecule is C[C@@H]1CN(C(=O)c2csc(I)c2)CCN1.Cl. The molecule has 1 aromatic heterocycles. The topological polar surface area (TPSA) is 32.3 Å². The maximum Gasteiger partial charge on any atom is 0.254 e. The number of halogens is 2. The fourth-order valence-corrected chi connectivity index (χ4v) is 3.04. The number of piperazine rings is 1. The summed E-state index contributed by atoms with van der Waals surface area (Å²) < 4.78 is 1.17. The average Bonchev–Trinajstić information content (AvgIpc) is 2.64. The van der Waals surface area contributed by atoms with Crippen LogP contribution in [0.25, 0.3) is 0 Å². The number of amides is 1. The number of hydrogen-bond donors (Lipinski definition) is 1. The molecule has 0 radical (unpaired) electrons. The third kappa shape index (κ3) is 3.32. The quantitative estimate of drug-likeness (QED) is 0.767. The minimum Gasteiger partial charge on any atom is -0.336 e. The van der Waals surface area contributed by atoms with E-state index in [1.807, 2.05) is 16.3 Å². The van der Waals surface area contributed by atoms with Gasteiger partial charge in [0.15, 0.2) is 0 Å². The van der Waals surface area contributed by atoms with Crippen molar-refractivity contribution in [2.45, 2.75) is 13.0 Å². The third-order valence-corrected chi connectivity index (χ3v) is 4.26. The Morgan fingerprint density at radius 3 is 3.00 bits per heavy atom. The molecule has 2 heterocycles. The highest BCUT2D eigenvalue weighted by Crippen LogP contribution is 2.18. The number of carbonyl (C=O) groups excluding carboxylic acids is 1. The molecule has 1 aliphatic rings. The van der Waals surface area contributed by atoms with Gasteiger partial charge in [-0.25, -0.2) is 0 Å². The molecule has 3 nitrogen and oxygen atoms in total. The zero-order valence-corrected chi connectivity index (χ0v) is 12.7. The number of nitrogens with one attached hydrogen (secondary N) is 1. The highest BCUT2D eigenvalue weighted by Gasteiger charge is 2.21. The number of thiophene rings is 1. The molecule has 0 aliphatic carbocycles. The fraction of sp³-hybridized carbons (Fsp3) is 0.500. The average molecular weight is 373 g/mol. The summed E-state index contributed by atoms with van der Waals surface area (Å²) >= 11 is 3.87. The van der Waals surface area contributed by atoms with Crippen LogP contribution in [0.5, 0.6) is 0 Å². The molecule has 1 N–H and O–H groups in total. The van der Waals surface area contributed by atoms with Crippen LogP contribution in [0.3, 0.4) is 0 Å². The van der Waals surface area contributed by atoms with Crippen molar-refractivity contribution in [1.82, 2.24) is 10.2 Å². The zero-order chi connectivity index (χ0) is 10.8. The van der Waals surface area contributed by atoms with Crippen molar-refractivity contribution in [1.29, 1.82) is 0 Å². The van der Waals surface area contributed by atoms with Gasteiger partial charge >= 0.3 is 0 Å². The van der Waals surface area contributed by atoms with E-state index in [1.54, 1.807) is 11.3 Å². The van der Waals surface area contributed by atoms with E-state index in [-0.39, 0.29) is 18.3 Å². The predicted molar refractivity (Wildman–Crippen MR) is 77.7 cm³/mol. The van der Waals surface area contributed by atoms with Gasteiger partial charge in [0, 0.05) is 31.1 Å². The zero-order valence-electron chi connectivity index (χ0n) is 8.90. The first kappa shape index (κ1) is 14.2. The molecule has 0 spiro atoms. The second-order valence-electron chi connectivity index (χ2n) is 3.75. The lowest BCUT2D eigenvalue weighted by atomic mass is 10.2. The van der Waals surface area contributed by atoms with E-state index < -0.39 is 0 Å². The number of hydrogen-bond acceptors (Lipinski definition) is 3. The number of rotatable bonds is 1. The number of carbonyl (C=O) groups is 1. The monoisotopic (exact) mass is 372 g/mol. The van der Waals surface area contributed by atoms with Crippen molar-refractivity contribution < 1.29 is 4.79 Å². The second-order valence-corrected chi connectivity index (χ2v) is 6.55. The maximum absolute atomic E-state index is 12.1. The molecule has 1 amide bonds. The molecular formula is C10H14ClIN2OS. The molecular weight excluding hydrogens is 359 g/mol. The van der Waals surface area contributed by atoms with Crippen molar-refractivity contribution in [3.63, 3.8) is 0 Å². The standard InChI is InChI=1S/C10H13IN2OS.ClH/c1-7-5-13(3-2-12-7)10(14)8-4-9(11)15-6-8;/h4,6-7,12H,2-3,5H2,1H3;1H/t7-;/m1./s1. The first-order valence-corrected chi connectivity index (χ1v) is 6.89. The van der Waals surface area contributed by atoms with Crippen molar-refractivity contribution in [3.05, 3.63) is 19.9 Å². The molecule has 0 aromatic carbocycles. The van der Waals surface area contributed by atoms with E-state index in [0.29, 0.717) is 6.04 Å². The van der Waals surface area contributed by atoms with Crippen molar-refractivity contribution in [2.75, 3.05) is 19.6 Å². The summed E-state index contributed by atoms with van der Waals surface area (Å²) in [6.07, 6.45) is 0. The Hall–Kier alpha value is 0.150. The molecule has 6 heteroatoms. The van der Waals surface area contributed by atoms with Gasteiger partial charge in [-0.15, -0.1) is 23.7 Å². The summed E-state index contributed by atoms with van der Waals surface area (Å²) in [5, 5.41) is 5.27. The molecule has 0 saturated carbocycles. The molecule has 1 fully saturated rings. The van der Waals surface area contributed by atoms with Crippen LogP contribution in [0.15, 0.2) is 11.4 Å². The van der Waals surface area contributed by atoms with Crippen LogP contribution in [-0.2, 0) is 0 Å². The molecule has 16 heavy (non-hydrogen) atoms. The van der Waals surface area contributed by atoms with Crippen molar-refractivity contribution in [3.8, 4) is 0 Å². The summed E-state index contributed by atoms with van der Waals surface area (Å²) in [4.78, 5) is 14.0. The van der Waals surface area contributed by atoms with Crippen LogP contribution in [0.2, 0.25) is 0 Å². The van der Waals surface area contributed by atoms with E-state index in [2.05, 4.69) is 34.8 Å². The molecule has 0 unspecified atom stereocenters. The summed E-state index contributed by atoms with van der Waals surface area (Å²) in [5.74, 6) is 0.169. The highest BCUT2D eigenvalue weighted by molar-refractivity contribution is 14.1. The van der Waals surface area contributed by atoms with Crippen LogP contribution in [0, 0.1) is 2.88 Å². The van der Waals surface area contributed by atoms with Gasteiger partial charge < -0.3 is 10.2 Å². The predicted octanol–water partition coefficient (Wildman–Crippen LogP) is 2.21. The van der Waals surface area contributed by atoms with E-state index in [1.165, 1.54) is 2.88 Å². The van der Waals surface area contributed by atoms with Crippen LogP contribution < -0.4 is 5.32 Å². The van der Waals surface area contributed by atoms with Crippen LogP contribution in [0.1, 0.15) is 17.3 Å². The second kappa shape index (κ2) is 6.18. The molecule has 90 valence electrons. The Kier molecular flexibility index (Phi) is 5.49. The van der Waals surface area contributed by atoms with Crippen LogP contribution in [-0.4, -0.2) is 36.5 Å². The number of nitrogens with zero attached hydrogens (tertiary/aromatic N) is 1. The van der Waals surface area contributed by atoms with Gasteiger partial charge in [-0.3, -0.25) is 4.79 Å². The normalized spacial score (nSPS) is 20.4. The Morgan fingerprint density at radius 2 is 2.44 bits per heavy atom. The van der Waals surface area contributed by atoms with Gasteiger partial charge in [0.05, 0.1) is 8.45 Å². The van der Waals surface area contributed by atoms with Crippen LogP contribution >= 0.6 is 46.3 Å². The Bertz CT molecular complexity index is 371. The van der Waals surface area contributed by atoms with Gasteiger partial charge in [0.1, 0.15) is 0 Å². The van der Waals surface area contributed by atoms with E-state index in [4.69, 9.17) is 0 Å². The first-order chi connectivity index (χ1) is 7.16. The highest BCUT2D eigenvalue weighted by atomic mass is 127. The molecule has 2 rings (SSSR count). The van der Waals surface area contributed by atoms with Crippen LogP contribution in [0.4, 0.5) is 0 Å². The summed E-state index contributed by atoms with van der Waals surface area (Å²) in [6.45, 7) is 4.63. The molecule has 1 atom stereocenters. The van der Waals surface area contributed by atoms with E-state index in [9.17, 15) is 4.79 Å².